The molecule has 8 heteroatoms. The van der Waals surface area contributed by atoms with Crippen molar-refractivity contribution in [1.82, 2.24) is 19.2 Å². The normalized spacial score (nSPS) is 20.9. The lowest BCUT2D eigenvalue weighted by Crippen LogP contribution is -2.62. The molecule has 0 aromatic carbocycles. The maximum Gasteiger partial charge on any atom is 0.184 e. The van der Waals surface area contributed by atoms with Gasteiger partial charge in [0.2, 0.25) is 0 Å². The predicted molar refractivity (Wildman–Crippen MR) is 105 cm³/mol. The molecule has 0 N–H and O–H groups in total. The highest BCUT2D eigenvalue weighted by molar-refractivity contribution is 6.90. The van der Waals surface area contributed by atoms with Crippen LogP contribution in [-0.2, 0) is 0 Å². The average molecular weight is 364 g/mol. The lowest BCUT2D eigenvalue weighted by atomic mass is 10.4. The van der Waals surface area contributed by atoms with Crippen molar-refractivity contribution in [2.45, 2.75) is 57.9 Å². The van der Waals surface area contributed by atoms with Gasteiger partial charge < -0.3 is 8.80 Å². The fourth-order valence-corrected chi connectivity index (χ4v) is 15.1. The summed E-state index contributed by atoms with van der Waals surface area (Å²) in [5, 5.41) is 0. The first-order valence-corrected chi connectivity index (χ1v) is 18.5. The van der Waals surface area contributed by atoms with Crippen LogP contribution in [0.25, 0.3) is 11.5 Å². The lowest BCUT2D eigenvalue weighted by molar-refractivity contribution is 0.943. The first-order chi connectivity index (χ1) is 10.5. The van der Waals surface area contributed by atoms with Gasteiger partial charge in [-0.15, -0.1) is 0 Å². The van der Waals surface area contributed by atoms with Crippen LogP contribution in [0.4, 0.5) is 5.82 Å². The zero-order chi connectivity index (χ0) is 17.0. The van der Waals surface area contributed by atoms with Gasteiger partial charge in [0.25, 0.3) is 0 Å². The van der Waals surface area contributed by atoms with Crippen LogP contribution in [0.2, 0.25) is 57.9 Å². The summed E-state index contributed by atoms with van der Waals surface area (Å²) in [6, 6.07) is 2.84. The molecule has 0 saturated carbocycles. The van der Waals surface area contributed by atoms with Crippen LogP contribution in [0.1, 0.15) is 0 Å². The molecule has 0 amide bonds. The standard InChI is InChI=1S/C15H29N5Si3/c1-21(2,3)19-11-18-14-13(16-10-17-14)15(19)20-12-22(4,5)8-9-23(20,6)7/h10-11H,8-9,12H2,1-7H3. The summed E-state index contributed by atoms with van der Waals surface area (Å²) in [6.07, 6.45) is 4.92. The Morgan fingerprint density at radius 2 is 1.70 bits per heavy atom. The Labute approximate surface area is 142 Å². The largest absolute Gasteiger partial charge is 0.386 e. The molecule has 0 bridgehead atoms. The van der Waals surface area contributed by atoms with Crippen LogP contribution >= 0.6 is 0 Å². The summed E-state index contributed by atoms with van der Waals surface area (Å²) in [7, 11) is -4.24. The van der Waals surface area contributed by atoms with E-state index in [-0.39, 0.29) is 0 Å². The van der Waals surface area contributed by atoms with Crippen LogP contribution in [0, 0.1) is 0 Å². The molecule has 3 aliphatic heterocycles. The topological polar surface area (TPSA) is 46.8 Å². The van der Waals surface area contributed by atoms with Crippen molar-refractivity contribution < 1.29 is 0 Å². The SMILES string of the molecule is C[Si]1(C)CC[Si](C)(C)N(c2c3ncnc-3ncn2[Si](C)(C)C)C1. The first-order valence-electron chi connectivity index (χ1n) is 8.47. The molecule has 5 nitrogen and oxygen atoms in total. The molecule has 0 aromatic rings. The molecule has 23 heavy (non-hydrogen) atoms. The minimum atomic E-state index is -1.58. The second kappa shape index (κ2) is 5.25. The highest BCUT2D eigenvalue weighted by Gasteiger charge is 2.44. The number of nitrogens with zero attached hydrogens (tertiary/aromatic N) is 5. The number of hydrogen-bond acceptors (Lipinski definition) is 4. The van der Waals surface area contributed by atoms with E-state index in [1.165, 1.54) is 24.1 Å². The van der Waals surface area contributed by atoms with Gasteiger partial charge in [-0.1, -0.05) is 51.9 Å². The summed E-state index contributed by atoms with van der Waals surface area (Å²) in [5.41, 5.74) is 1.00. The van der Waals surface area contributed by atoms with Crippen molar-refractivity contribution in [3.8, 4) is 11.5 Å². The second-order valence-corrected chi connectivity index (χ2v) is 23.9. The van der Waals surface area contributed by atoms with E-state index in [1.807, 2.05) is 6.33 Å². The van der Waals surface area contributed by atoms with Crippen LogP contribution in [-0.4, -0.2) is 49.9 Å². The van der Waals surface area contributed by atoms with Crippen molar-refractivity contribution in [3.05, 3.63) is 12.7 Å². The third-order valence-corrected chi connectivity index (χ3v) is 13.7. The molecular weight excluding hydrogens is 334 g/mol. The van der Waals surface area contributed by atoms with Gasteiger partial charge in [0.15, 0.2) is 22.3 Å². The van der Waals surface area contributed by atoms with E-state index in [9.17, 15) is 0 Å². The molecule has 3 aliphatic rings. The maximum absolute atomic E-state index is 4.61. The van der Waals surface area contributed by atoms with Gasteiger partial charge in [-0.2, -0.15) is 0 Å². The molecule has 1 saturated heterocycles. The summed E-state index contributed by atoms with van der Waals surface area (Å²) >= 11 is 0. The Morgan fingerprint density at radius 1 is 1.00 bits per heavy atom. The van der Waals surface area contributed by atoms with Crippen molar-refractivity contribution in [3.63, 3.8) is 0 Å². The highest BCUT2D eigenvalue weighted by Crippen LogP contribution is 2.39. The second-order valence-electron chi connectivity index (χ2n) is 9.22. The first kappa shape index (κ1) is 16.8. The molecular formula is C15H29N5Si3. The quantitative estimate of drug-likeness (QED) is 0.763. The number of aromatic nitrogens is 4. The fraction of sp³-hybridized carbons (Fsp3) is 0.667. The van der Waals surface area contributed by atoms with Gasteiger partial charge in [0.1, 0.15) is 17.8 Å². The van der Waals surface area contributed by atoms with E-state index in [1.54, 1.807) is 6.33 Å². The van der Waals surface area contributed by atoms with Crippen LogP contribution in [0.5, 0.6) is 0 Å². The molecule has 0 spiro atoms. The van der Waals surface area contributed by atoms with E-state index < -0.39 is 24.5 Å². The summed E-state index contributed by atoms with van der Waals surface area (Å²) in [4.78, 5) is 13.5. The van der Waals surface area contributed by atoms with Gasteiger partial charge in [-0.25, -0.2) is 15.0 Å². The molecule has 3 heterocycles. The fourth-order valence-electron chi connectivity index (χ4n) is 3.40. The van der Waals surface area contributed by atoms with Crippen LogP contribution in [0.15, 0.2) is 12.7 Å². The monoisotopic (exact) mass is 363 g/mol. The van der Waals surface area contributed by atoms with Crippen molar-refractivity contribution in [1.29, 1.82) is 0 Å². The zero-order valence-electron chi connectivity index (χ0n) is 15.5. The van der Waals surface area contributed by atoms with Crippen LogP contribution in [0.3, 0.4) is 0 Å². The Hall–Kier alpha value is -0.999. The third-order valence-electron chi connectivity index (χ3n) is 5.02. The van der Waals surface area contributed by atoms with E-state index >= 15 is 0 Å². The van der Waals surface area contributed by atoms with E-state index in [2.05, 4.69) is 69.6 Å². The van der Waals surface area contributed by atoms with Gasteiger partial charge in [-0.05, 0) is 6.04 Å². The molecule has 0 aliphatic carbocycles. The molecule has 0 unspecified atom stereocenters. The third kappa shape index (κ3) is 3.03. The van der Waals surface area contributed by atoms with Gasteiger partial charge >= 0.3 is 0 Å². The summed E-state index contributed by atoms with van der Waals surface area (Å²) in [5.74, 6) is 2.10. The van der Waals surface area contributed by atoms with E-state index in [0.717, 1.165) is 11.5 Å². The Balaban J connectivity index is 2.23. The summed E-state index contributed by atoms with van der Waals surface area (Å²) < 4.78 is 5.22. The minimum absolute atomic E-state index is 0.796. The van der Waals surface area contributed by atoms with Gasteiger partial charge in [0, 0.05) is 6.17 Å². The highest BCUT2D eigenvalue weighted by atomic mass is 28.3. The molecule has 126 valence electrons. The molecule has 1 fully saturated rings. The van der Waals surface area contributed by atoms with E-state index in [0.29, 0.717) is 0 Å². The number of imidazole rings is 1. The van der Waals surface area contributed by atoms with Crippen LogP contribution < -0.4 is 4.57 Å². The predicted octanol–water partition coefficient (Wildman–Crippen LogP) is 3.73. The maximum atomic E-state index is 4.61. The molecule has 3 rings (SSSR count). The Morgan fingerprint density at radius 3 is 2.35 bits per heavy atom. The number of fused-ring (bicyclic) bond motifs is 1. The number of anilines is 1. The minimum Gasteiger partial charge on any atom is -0.386 e. The number of rotatable bonds is 2. The lowest BCUT2D eigenvalue weighted by Gasteiger charge is -2.50. The number of hydrogen-bond donors (Lipinski definition) is 0. The Kier molecular flexibility index (Phi) is 3.85. The molecule has 0 radical (unpaired) electrons. The average Bonchev–Trinajstić information content (AvgIpc) is 2.88. The van der Waals surface area contributed by atoms with Gasteiger partial charge in [-0.3, -0.25) is 0 Å². The van der Waals surface area contributed by atoms with Crippen molar-refractivity contribution >= 4 is 30.4 Å². The summed E-state index contributed by atoms with van der Waals surface area (Å²) in [6.45, 7) is 17.2. The zero-order valence-corrected chi connectivity index (χ0v) is 18.5. The smallest absolute Gasteiger partial charge is 0.184 e. The van der Waals surface area contributed by atoms with E-state index in [4.69, 9.17) is 0 Å². The Bertz CT molecular complexity index is 689. The van der Waals surface area contributed by atoms with Crippen molar-refractivity contribution in [2.24, 2.45) is 0 Å². The van der Waals surface area contributed by atoms with Gasteiger partial charge in [0.05, 0.1) is 14.4 Å². The molecule has 0 atom stereocenters. The van der Waals surface area contributed by atoms with Crippen molar-refractivity contribution in [2.75, 3.05) is 10.7 Å². The molecule has 0 aromatic heterocycles.